The molecule has 1 aliphatic heterocycles. The van der Waals surface area contributed by atoms with E-state index in [2.05, 4.69) is 9.97 Å². The fourth-order valence-corrected chi connectivity index (χ4v) is 4.43. The lowest BCUT2D eigenvalue weighted by Gasteiger charge is -2.36. The van der Waals surface area contributed by atoms with Crippen LogP contribution in [0.25, 0.3) is 11.0 Å². The lowest BCUT2D eigenvalue weighted by Crippen LogP contribution is -2.49. The van der Waals surface area contributed by atoms with Gasteiger partial charge in [-0.1, -0.05) is 30.4 Å². The van der Waals surface area contributed by atoms with Crippen LogP contribution >= 0.6 is 12.2 Å². The number of alkyl halides is 3. The van der Waals surface area contributed by atoms with Crippen LogP contribution in [0.1, 0.15) is 28.4 Å². The summed E-state index contributed by atoms with van der Waals surface area (Å²) in [5, 5.41) is 9.41. The number of piperazine rings is 1. The Morgan fingerprint density at radius 2 is 1.86 bits per heavy atom. The molecule has 3 aromatic rings. The Labute approximate surface area is 203 Å². The van der Waals surface area contributed by atoms with Gasteiger partial charge in [0.2, 0.25) is 11.4 Å². The topological polar surface area (TPSA) is 91.6 Å². The zero-order chi connectivity index (χ0) is 25.3. The van der Waals surface area contributed by atoms with Crippen molar-refractivity contribution in [2.24, 2.45) is 0 Å². The molecule has 0 amide bonds. The van der Waals surface area contributed by atoms with Crippen LogP contribution in [0.5, 0.6) is 0 Å². The van der Waals surface area contributed by atoms with Gasteiger partial charge < -0.3 is 19.5 Å². The first-order valence-corrected chi connectivity index (χ1v) is 11.3. The predicted molar refractivity (Wildman–Crippen MR) is 128 cm³/mol. The first kappa shape index (κ1) is 24.6. The van der Waals surface area contributed by atoms with Gasteiger partial charge in [-0.15, -0.1) is 0 Å². The number of aromatic carboxylic acids is 1. The van der Waals surface area contributed by atoms with E-state index in [0.717, 1.165) is 6.07 Å². The van der Waals surface area contributed by atoms with E-state index in [4.69, 9.17) is 12.2 Å². The summed E-state index contributed by atoms with van der Waals surface area (Å²) in [6.45, 7) is 4.15. The highest BCUT2D eigenvalue weighted by molar-refractivity contribution is 7.80. The maximum atomic E-state index is 13.3. The van der Waals surface area contributed by atoms with Gasteiger partial charge in [-0.25, -0.2) is 9.78 Å². The highest BCUT2D eigenvalue weighted by Gasteiger charge is 2.33. The molecule has 1 fully saturated rings. The highest BCUT2D eigenvalue weighted by atomic mass is 32.1. The van der Waals surface area contributed by atoms with Gasteiger partial charge in [0.05, 0.1) is 15.9 Å². The second-order valence-electron chi connectivity index (χ2n) is 8.07. The number of hydrogen-bond donors (Lipinski definition) is 1. The van der Waals surface area contributed by atoms with Crippen LogP contribution in [0.3, 0.4) is 0 Å². The minimum absolute atomic E-state index is 0.0200. The maximum absolute atomic E-state index is 13.3. The molecule has 1 N–H and O–H groups in total. The SMILES string of the molecule is CCn1cc(C(=O)O)c(=O)c2cnc(N3CCN(C(=S)Cc4ccccc4C(F)(F)F)CC3)nc21. The van der Waals surface area contributed by atoms with E-state index >= 15 is 0 Å². The third kappa shape index (κ3) is 4.97. The Balaban J connectivity index is 1.49. The number of benzene rings is 1. The molecule has 0 radical (unpaired) electrons. The number of halogens is 3. The van der Waals surface area contributed by atoms with E-state index in [-0.39, 0.29) is 22.9 Å². The van der Waals surface area contributed by atoms with E-state index in [1.807, 2.05) is 16.7 Å². The van der Waals surface area contributed by atoms with Gasteiger partial charge in [-0.05, 0) is 18.6 Å². The molecule has 1 saturated heterocycles. The Morgan fingerprint density at radius 1 is 1.17 bits per heavy atom. The summed E-state index contributed by atoms with van der Waals surface area (Å²) < 4.78 is 41.5. The van der Waals surface area contributed by atoms with Gasteiger partial charge in [0, 0.05) is 51.5 Å². The van der Waals surface area contributed by atoms with Crippen molar-refractivity contribution in [2.45, 2.75) is 26.1 Å². The van der Waals surface area contributed by atoms with Crippen molar-refractivity contribution in [3.05, 3.63) is 63.6 Å². The standard InChI is InChI=1S/C23H22F3N5O3S/c1-2-29-13-16(21(33)34)19(32)15-12-27-22(28-20(15)29)31-9-7-30(8-10-31)18(35)11-14-5-3-4-6-17(14)23(24,25)26/h3-6,12-13H,2,7-11H2,1H3,(H,33,34). The Kier molecular flexibility index (Phi) is 6.75. The van der Waals surface area contributed by atoms with Crippen molar-refractivity contribution >= 4 is 40.2 Å². The average molecular weight is 506 g/mol. The largest absolute Gasteiger partial charge is 0.477 e. The Hall–Kier alpha value is -3.54. The summed E-state index contributed by atoms with van der Waals surface area (Å²) in [4.78, 5) is 36.9. The number of aromatic nitrogens is 3. The molecule has 184 valence electrons. The third-order valence-corrected chi connectivity index (χ3v) is 6.36. The fourth-order valence-electron chi connectivity index (χ4n) is 4.09. The zero-order valence-corrected chi connectivity index (χ0v) is 19.6. The molecule has 0 bridgehead atoms. The van der Waals surface area contributed by atoms with Crippen molar-refractivity contribution < 1.29 is 23.1 Å². The van der Waals surface area contributed by atoms with Crippen LogP contribution < -0.4 is 10.3 Å². The number of carbonyl (C=O) groups is 1. The van der Waals surface area contributed by atoms with Crippen LogP contribution in [0.4, 0.5) is 19.1 Å². The second-order valence-corrected chi connectivity index (χ2v) is 8.54. The molecule has 0 spiro atoms. The van der Waals surface area contributed by atoms with Crippen molar-refractivity contribution in [1.29, 1.82) is 0 Å². The number of fused-ring (bicyclic) bond motifs is 1. The highest BCUT2D eigenvalue weighted by Crippen LogP contribution is 2.32. The summed E-state index contributed by atoms with van der Waals surface area (Å²) in [6.07, 6.45) is -1.81. The molecule has 0 aliphatic carbocycles. The molecule has 35 heavy (non-hydrogen) atoms. The molecule has 8 nitrogen and oxygen atoms in total. The fraction of sp³-hybridized carbons (Fsp3) is 0.348. The van der Waals surface area contributed by atoms with E-state index < -0.39 is 23.1 Å². The molecule has 2 aromatic heterocycles. The summed E-state index contributed by atoms with van der Waals surface area (Å²) in [5.74, 6) is -0.928. The minimum Gasteiger partial charge on any atom is -0.477 e. The molecule has 0 atom stereocenters. The van der Waals surface area contributed by atoms with Gasteiger partial charge in [0.15, 0.2) is 0 Å². The number of pyridine rings is 1. The lowest BCUT2D eigenvalue weighted by molar-refractivity contribution is -0.138. The molecule has 0 unspecified atom stereocenters. The third-order valence-electron chi connectivity index (χ3n) is 5.95. The van der Waals surface area contributed by atoms with Gasteiger partial charge in [-0.3, -0.25) is 4.79 Å². The number of rotatable bonds is 5. The number of carboxylic acid groups (broad SMARTS) is 1. The quantitative estimate of drug-likeness (QED) is 0.529. The molecule has 4 rings (SSSR count). The molecule has 3 heterocycles. The Bertz CT molecular complexity index is 1350. The summed E-state index contributed by atoms with van der Waals surface area (Å²) in [5.41, 5.74) is -1.18. The van der Waals surface area contributed by atoms with Crippen molar-refractivity contribution in [3.8, 4) is 0 Å². The summed E-state index contributed by atoms with van der Waals surface area (Å²) >= 11 is 5.46. The Morgan fingerprint density at radius 3 is 2.49 bits per heavy atom. The van der Waals surface area contributed by atoms with Crippen LogP contribution in [-0.2, 0) is 19.1 Å². The molecule has 12 heteroatoms. The monoisotopic (exact) mass is 505 g/mol. The number of thiocarbonyl (C=S) groups is 1. The van der Waals surface area contributed by atoms with Crippen LogP contribution in [0.15, 0.2) is 41.5 Å². The minimum atomic E-state index is -4.44. The molecular weight excluding hydrogens is 483 g/mol. The smallest absolute Gasteiger partial charge is 0.416 e. The summed E-state index contributed by atoms with van der Waals surface area (Å²) in [6, 6.07) is 5.43. The first-order chi connectivity index (χ1) is 16.6. The normalized spacial score (nSPS) is 14.4. The van der Waals surface area contributed by atoms with Crippen molar-refractivity contribution in [1.82, 2.24) is 19.4 Å². The van der Waals surface area contributed by atoms with E-state index in [0.29, 0.717) is 49.3 Å². The van der Waals surface area contributed by atoms with Crippen LogP contribution in [-0.4, -0.2) is 61.7 Å². The zero-order valence-electron chi connectivity index (χ0n) is 18.7. The number of carboxylic acids is 1. The number of aryl methyl sites for hydroxylation is 1. The van der Waals surface area contributed by atoms with Crippen LogP contribution in [0, 0.1) is 0 Å². The van der Waals surface area contributed by atoms with Gasteiger partial charge in [0.1, 0.15) is 11.2 Å². The van der Waals surface area contributed by atoms with E-state index in [1.165, 1.54) is 24.5 Å². The molecular formula is C23H22F3N5O3S. The number of hydrogen-bond acceptors (Lipinski definition) is 6. The van der Waals surface area contributed by atoms with Crippen LogP contribution in [0.2, 0.25) is 0 Å². The summed E-state index contributed by atoms with van der Waals surface area (Å²) in [7, 11) is 0. The molecule has 0 saturated carbocycles. The molecule has 1 aliphatic rings. The number of nitrogens with zero attached hydrogens (tertiary/aromatic N) is 5. The van der Waals surface area contributed by atoms with E-state index in [9.17, 15) is 27.9 Å². The van der Waals surface area contributed by atoms with Gasteiger partial charge in [-0.2, -0.15) is 18.2 Å². The van der Waals surface area contributed by atoms with Gasteiger partial charge in [0.25, 0.3) is 0 Å². The predicted octanol–water partition coefficient (Wildman–Crippen LogP) is 3.22. The van der Waals surface area contributed by atoms with E-state index in [1.54, 1.807) is 10.6 Å². The van der Waals surface area contributed by atoms with Crippen molar-refractivity contribution in [2.75, 3.05) is 31.1 Å². The first-order valence-electron chi connectivity index (χ1n) is 10.9. The second kappa shape index (κ2) is 9.61. The number of anilines is 1. The average Bonchev–Trinajstić information content (AvgIpc) is 2.83. The lowest BCUT2D eigenvalue weighted by atomic mass is 10.0. The maximum Gasteiger partial charge on any atom is 0.416 e. The molecule has 1 aromatic carbocycles. The van der Waals surface area contributed by atoms with Gasteiger partial charge >= 0.3 is 12.1 Å². The van der Waals surface area contributed by atoms with Crippen molar-refractivity contribution in [3.63, 3.8) is 0 Å².